The highest BCUT2D eigenvalue weighted by atomic mass is 16.5. The van der Waals surface area contributed by atoms with E-state index in [9.17, 15) is 4.79 Å². The van der Waals surface area contributed by atoms with Gasteiger partial charge in [0.15, 0.2) is 0 Å². The number of fused-ring (bicyclic) bond motifs is 2. The van der Waals surface area contributed by atoms with E-state index in [1.165, 1.54) is 0 Å². The molecular formula is C14H17N3O2. The van der Waals surface area contributed by atoms with Crippen LogP contribution in [0, 0.1) is 6.92 Å². The van der Waals surface area contributed by atoms with Crippen molar-refractivity contribution in [2.75, 3.05) is 18.6 Å². The molecule has 0 unspecified atom stereocenters. The third-order valence-electron chi connectivity index (χ3n) is 3.75. The molecule has 5 nitrogen and oxygen atoms in total. The summed E-state index contributed by atoms with van der Waals surface area (Å²) in [6, 6.07) is 3.70. The molecule has 1 aromatic heterocycles. The van der Waals surface area contributed by atoms with Crippen LogP contribution in [0.15, 0.2) is 16.9 Å². The van der Waals surface area contributed by atoms with Crippen molar-refractivity contribution in [3.63, 3.8) is 0 Å². The molecule has 0 saturated heterocycles. The number of aromatic amines is 1. The van der Waals surface area contributed by atoms with Crippen LogP contribution in [-0.4, -0.2) is 29.2 Å². The third kappa shape index (κ3) is 1.77. The first kappa shape index (κ1) is 12.0. The van der Waals surface area contributed by atoms with Gasteiger partial charge in [0.2, 0.25) is 0 Å². The van der Waals surface area contributed by atoms with Crippen LogP contribution in [0.1, 0.15) is 19.7 Å². The van der Waals surface area contributed by atoms with Gasteiger partial charge in [-0.3, -0.25) is 4.79 Å². The van der Waals surface area contributed by atoms with Gasteiger partial charge in [0, 0.05) is 13.1 Å². The Kier molecular flexibility index (Phi) is 2.36. The van der Waals surface area contributed by atoms with Gasteiger partial charge in [0.05, 0.1) is 22.1 Å². The lowest BCUT2D eigenvalue weighted by molar-refractivity contribution is 0.218. The predicted molar refractivity (Wildman–Crippen MR) is 75.1 cm³/mol. The van der Waals surface area contributed by atoms with Gasteiger partial charge in [-0.15, -0.1) is 0 Å². The summed E-state index contributed by atoms with van der Waals surface area (Å²) in [4.78, 5) is 21.2. The maximum absolute atomic E-state index is 12.0. The minimum atomic E-state index is -0.109. The number of nitrogens with one attached hydrogen (secondary N) is 1. The van der Waals surface area contributed by atoms with Gasteiger partial charge in [-0.05, 0) is 26.8 Å². The summed E-state index contributed by atoms with van der Waals surface area (Å²) in [5.41, 5.74) is 1.40. The molecule has 0 aliphatic carbocycles. The second-order valence-electron chi connectivity index (χ2n) is 5.65. The summed E-state index contributed by atoms with van der Waals surface area (Å²) >= 11 is 0. The van der Waals surface area contributed by atoms with Gasteiger partial charge >= 0.3 is 0 Å². The van der Waals surface area contributed by atoms with E-state index in [1.807, 2.05) is 19.2 Å². The van der Waals surface area contributed by atoms with E-state index in [4.69, 9.17) is 4.74 Å². The summed E-state index contributed by atoms with van der Waals surface area (Å²) in [6.07, 6.45) is 0. The van der Waals surface area contributed by atoms with Gasteiger partial charge in [-0.25, -0.2) is 4.98 Å². The van der Waals surface area contributed by atoms with Crippen molar-refractivity contribution >= 4 is 16.6 Å². The molecule has 0 amide bonds. The predicted octanol–water partition coefficient (Wildman–Crippen LogP) is 1.84. The molecule has 0 fully saturated rings. The number of H-pyrrole nitrogens is 1. The molecule has 1 N–H and O–H groups in total. The molecule has 2 heterocycles. The monoisotopic (exact) mass is 259 g/mol. The maximum Gasteiger partial charge on any atom is 0.258 e. The van der Waals surface area contributed by atoms with Crippen LogP contribution in [0.25, 0.3) is 10.9 Å². The third-order valence-corrected chi connectivity index (χ3v) is 3.75. The molecule has 1 aliphatic rings. The minimum absolute atomic E-state index is 0.0917. The molecule has 19 heavy (non-hydrogen) atoms. The van der Waals surface area contributed by atoms with E-state index in [2.05, 4.69) is 28.7 Å². The summed E-state index contributed by atoms with van der Waals surface area (Å²) < 4.78 is 5.80. The molecule has 0 radical (unpaired) electrons. The summed E-state index contributed by atoms with van der Waals surface area (Å²) in [7, 11) is 2.02. The molecule has 5 heteroatoms. The SMILES string of the molecule is Cc1nc2cc3c(cc2c(=O)[nH]1)N(C)C(C)(C)CO3. The van der Waals surface area contributed by atoms with Crippen LogP contribution in [0.4, 0.5) is 5.69 Å². The van der Waals surface area contributed by atoms with E-state index in [-0.39, 0.29) is 11.1 Å². The average molecular weight is 259 g/mol. The Balaban J connectivity index is 2.30. The van der Waals surface area contributed by atoms with Crippen molar-refractivity contribution < 1.29 is 4.74 Å². The Morgan fingerprint density at radius 2 is 2.16 bits per heavy atom. The van der Waals surface area contributed by atoms with Crippen LogP contribution in [-0.2, 0) is 0 Å². The fourth-order valence-corrected chi connectivity index (χ4v) is 2.33. The zero-order valence-electron chi connectivity index (χ0n) is 11.6. The highest BCUT2D eigenvalue weighted by Crippen LogP contribution is 2.38. The van der Waals surface area contributed by atoms with Crippen LogP contribution in [0.5, 0.6) is 5.75 Å². The Bertz CT molecular complexity index is 718. The number of hydrogen-bond acceptors (Lipinski definition) is 4. The number of aromatic nitrogens is 2. The van der Waals surface area contributed by atoms with Crippen LogP contribution in [0.3, 0.4) is 0 Å². The van der Waals surface area contributed by atoms with Crippen molar-refractivity contribution in [2.24, 2.45) is 0 Å². The van der Waals surface area contributed by atoms with Crippen molar-refractivity contribution in [1.82, 2.24) is 9.97 Å². The Morgan fingerprint density at radius 1 is 1.42 bits per heavy atom. The van der Waals surface area contributed by atoms with Gasteiger partial charge in [0.25, 0.3) is 5.56 Å². The molecule has 0 saturated carbocycles. The average Bonchev–Trinajstić information content (AvgIpc) is 2.33. The van der Waals surface area contributed by atoms with Gasteiger partial charge in [-0.2, -0.15) is 0 Å². The van der Waals surface area contributed by atoms with Crippen LogP contribution < -0.4 is 15.2 Å². The normalized spacial score (nSPS) is 17.2. The molecule has 0 bridgehead atoms. The quantitative estimate of drug-likeness (QED) is 0.784. The minimum Gasteiger partial charge on any atom is -0.489 e. The van der Waals surface area contributed by atoms with Crippen LogP contribution in [0.2, 0.25) is 0 Å². The fourth-order valence-electron chi connectivity index (χ4n) is 2.33. The maximum atomic E-state index is 12.0. The van der Waals surface area contributed by atoms with E-state index in [0.717, 1.165) is 11.4 Å². The Morgan fingerprint density at radius 3 is 2.89 bits per heavy atom. The number of rotatable bonds is 0. The number of hydrogen-bond donors (Lipinski definition) is 1. The first-order valence-electron chi connectivity index (χ1n) is 6.30. The second kappa shape index (κ2) is 3.73. The van der Waals surface area contributed by atoms with Crippen molar-refractivity contribution in [2.45, 2.75) is 26.3 Å². The zero-order chi connectivity index (χ0) is 13.8. The highest BCUT2D eigenvalue weighted by Gasteiger charge is 2.32. The number of anilines is 1. The molecule has 0 atom stereocenters. The molecular weight excluding hydrogens is 242 g/mol. The Hall–Kier alpha value is -2.04. The number of benzene rings is 1. The van der Waals surface area contributed by atoms with Crippen molar-refractivity contribution in [3.05, 3.63) is 28.3 Å². The van der Waals surface area contributed by atoms with E-state index in [1.54, 1.807) is 6.92 Å². The lowest BCUT2D eigenvalue weighted by Crippen LogP contribution is -2.49. The molecule has 1 aliphatic heterocycles. The number of aryl methyl sites for hydroxylation is 1. The molecule has 100 valence electrons. The lowest BCUT2D eigenvalue weighted by atomic mass is 10.0. The Labute approximate surface area is 111 Å². The van der Waals surface area contributed by atoms with E-state index < -0.39 is 0 Å². The highest BCUT2D eigenvalue weighted by molar-refractivity contribution is 5.86. The first-order valence-corrected chi connectivity index (χ1v) is 6.30. The van der Waals surface area contributed by atoms with Gasteiger partial charge in [-0.1, -0.05) is 0 Å². The molecule has 2 aromatic rings. The summed E-state index contributed by atoms with van der Waals surface area (Å²) in [5.74, 6) is 1.40. The number of ether oxygens (including phenoxy) is 1. The number of likely N-dealkylation sites (N-methyl/N-ethyl adjacent to an activating group) is 1. The van der Waals surface area contributed by atoms with E-state index >= 15 is 0 Å². The second-order valence-corrected chi connectivity index (χ2v) is 5.65. The van der Waals surface area contributed by atoms with Crippen LogP contribution >= 0.6 is 0 Å². The molecule has 3 rings (SSSR count). The lowest BCUT2D eigenvalue weighted by Gasteiger charge is -2.42. The first-order chi connectivity index (χ1) is 8.88. The molecule has 0 spiro atoms. The van der Waals surface area contributed by atoms with Gasteiger partial charge in [0.1, 0.15) is 18.2 Å². The summed E-state index contributed by atoms with van der Waals surface area (Å²) in [6.45, 7) is 6.61. The van der Waals surface area contributed by atoms with Crippen molar-refractivity contribution in [1.29, 1.82) is 0 Å². The van der Waals surface area contributed by atoms with Gasteiger partial charge < -0.3 is 14.6 Å². The molecule has 1 aromatic carbocycles. The summed E-state index contributed by atoms with van der Waals surface area (Å²) in [5, 5.41) is 0.595. The zero-order valence-corrected chi connectivity index (χ0v) is 11.6. The topological polar surface area (TPSA) is 58.2 Å². The smallest absolute Gasteiger partial charge is 0.258 e. The largest absolute Gasteiger partial charge is 0.489 e. The number of nitrogens with zero attached hydrogens (tertiary/aromatic N) is 2. The van der Waals surface area contributed by atoms with Crippen molar-refractivity contribution in [3.8, 4) is 5.75 Å². The fraction of sp³-hybridized carbons (Fsp3) is 0.429. The van der Waals surface area contributed by atoms with E-state index in [0.29, 0.717) is 23.3 Å². The standard InChI is InChI=1S/C14H17N3O2/c1-8-15-10-6-12-11(5-9(10)13(18)16-8)17(4)14(2,3)7-19-12/h5-6H,7H2,1-4H3,(H,15,16,18).